The first kappa shape index (κ1) is 10.0. The molecule has 0 aromatic carbocycles. The fraction of sp³-hybridized carbons (Fsp3) is 0.778. The largest absolute Gasteiger partial charge is 0.481 e. The van der Waals surface area contributed by atoms with E-state index >= 15 is 0 Å². The first-order chi connectivity index (χ1) is 5.93. The molecule has 0 radical (unpaired) electrons. The fourth-order valence-corrected chi connectivity index (χ4v) is 1.75. The summed E-state index contributed by atoms with van der Waals surface area (Å²) in [6, 6.07) is 0. The Kier molecular flexibility index (Phi) is 2.59. The van der Waals surface area contributed by atoms with Crippen LogP contribution in [0.4, 0.5) is 0 Å². The van der Waals surface area contributed by atoms with Gasteiger partial charge < -0.3 is 10.0 Å². The second kappa shape index (κ2) is 3.36. The quantitative estimate of drug-likeness (QED) is 0.709. The van der Waals surface area contributed by atoms with Crippen molar-refractivity contribution in [2.45, 2.75) is 38.6 Å². The number of nitrogens with zero attached hydrogens (tertiary/aromatic N) is 1. The lowest BCUT2D eigenvalue weighted by Crippen LogP contribution is -2.46. The van der Waals surface area contributed by atoms with E-state index in [4.69, 9.17) is 5.11 Å². The summed E-state index contributed by atoms with van der Waals surface area (Å²) in [5.74, 6) is -0.782. The predicted molar refractivity (Wildman–Crippen MR) is 47.3 cm³/mol. The van der Waals surface area contributed by atoms with E-state index in [1.165, 1.54) is 0 Å². The van der Waals surface area contributed by atoms with Gasteiger partial charge in [-0.2, -0.15) is 0 Å². The van der Waals surface area contributed by atoms with Gasteiger partial charge in [0, 0.05) is 18.5 Å². The minimum atomic E-state index is -0.857. The number of carbonyl (C=O) groups excluding carboxylic acids is 1. The summed E-state index contributed by atoms with van der Waals surface area (Å²) in [6.07, 6.45) is 1.42. The van der Waals surface area contributed by atoms with Crippen molar-refractivity contribution < 1.29 is 14.7 Å². The number of aliphatic carboxylic acids is 1. The molecule has 1 rings (SSSR count). The highest BCUT2D eigenvalue weighted by Gasteiger charge is 2.35. The van der Waals surface area contributed by atoms with Gasteiger partial charge in [0.1, 0.15) is 0 Å². The van der Waals surface area contributed by atoms with Gasteiger partial charge in [-0.25, -0.2) is 0 Å². The fourth-order valence-electron chi connectivity index (χ4n) is 1.75. The van der Waals surface area contributed by atoms with Crippen LogP contribution in [0, 0.1) is 0 Å². The first-order valence-corrected chi connectivity index (χ1v) is 4.46. The predicted octanol–water partition coefficient (Wildman–Crippen LogP) is 0.862. The van der Waals surface area contributed by atoms with E-state index in [2.05, 4.69) is 0 Å². The van der Waals surface area contributed by atoms with Crippen LogP contribution in [0.5, 0.6) is 0 Å². The Morgan fingerprint density at radius 2 is 2.23 bits per heavy atom. The normalized spacial score (nSPS) is 18.0. The van der Waals surface area contributed by atoms with Crippen molar-refractivity contribution in [3.05, 3.63) is 0 Å². The van der Waals surface area contributed by atoms with Gasteiger partial charge in [-0.1, -0.05) is 0 Å². The maximum absolute atomic E-state index is 11.3. The zero-order valence-corrected chi connectivity index (χ0v) is 8.04. The van der Waals surface area contributed by atoms with Crippen molar-refractivity contribution in [1.29, 1.82) is 0 Å². The molecule has 1 N–H and O–H groups in total. The Bertz CT molecular complexity index is 235. The number of hydrogen-bond acceptors (Lipinski definition) is 2. The third-order valence-electron chi connectivity index (χ3n) is 2.39. The molecule has 0 saturated carbocycles. The molecule has 0 spiro atoms. The number of carboxylic acid groups (broad SMARTS) is 1. The monoisotopic (exact) mass is 185 g/mol. The van der Waals surface area contributed by atoms with Crippen molar-refractivity contribution in [2.75, 3.05) is 6.54 Å². The highest BCUT2D eigenvalue weighted by Crippen LogP contribution is 2.24. The van der Waals surface area contributed by atoms with Gasteiger partial charge in [0.25, 0.3) is 0 Å². The Labute approximate surface area is 77.5 Å². The van der Waals surface area contributed by atoms with Crippen LogP contribution in [0.3, 0.4) is 0 Å². The molecular weight excluding hydrogens is 170 g/mol. The average Bonchev–Trinajstić information content (AvgIpc) is 2.32. The van der Waals surface area contributed by atoms with Gasteiger partial charge in [0.15, 0.2) is 0 Å². The summed E-state index contributed by atoms with van der Waals surface area (Å²) in [5, 5.41) is 8.66. The van der Waals surface area contributed by atoms with Crippen molar-refractivity contribution in [2.24, 2.45) is 0 Å². The molecule has 0 aliphatic carbocycles. The van der Waals surface area contributed by atoms with E-state index in [-0.39, 0.29) is 12.3 Å². The molecule has 13 heavy (non-hydrogen) atoms. The molecule has 1 heterocycles. The van der Waals surface area contributed by atoms with Crippen molar-refractivity contribution in [3.8, 4) is 0 Å². The summed E-state index contributed by atoms with van der Waals surface area (Å²) < 4.78 is 0. The van der Waals surface area contributed by atoms with Crippen LogP contribution in [0.1, 0.15) is 33.1 Å². The van der Waals surface area contributed by atoms with Crippen LogP contribution in [-0.2, 0) is 9.59 Å². The summed E-state index contributed by atoms with van der Waals surface area (Å²) in [5.41, 5.74) is -0.542. The summed E-state index contributed by atoms with van der Waals surface area (Å²) >= 11 is 0. The van der Waals surface area contributed by atoms with E-state index < -0.39 is 11.5 Å². The molecule has 0 bridgehead atoms. The van der Waals surface area contributed by atoms with Crippen molar-refractivity contribution in [3.63, 3.8) is 0 Å². The van der Waals surface area contributed by atoms with Gasteiger partial charge >= 0.3 is 5.97 Å². The number of carbonyl (C=O) groups is 2. The van der Waals surface area contributed by atoms with Crippen LogP contribution >= 0.6 is 0 Å². The summed E-state index contributed by atoms with van der Waals surface area (Å²) in [7, 11) is 0. The molecule has 0 aromatic rings. The zero-order chi connectivity index (χ0) is 10.1. The molecule has 1 saturated heterocycles. The molecule has 0 unspecified atom stereocenters. The smallest absolute Gasteiger partial charge is 0.305 e. The maximum Gasteiger partial charge on any atom is 0.305 e. The lowest BCUT2D eigenvalue weighted by molar-refractivity contribution is -0.142. The lowest BCUT2D eigenvalue weighted by atomic mass is 9.99. The van der Waals surface area contributed by atoms with Crippen molar-refractivity contribution in [1.82, 2.24) is 4.90 Å². The van der Waals surface area contributed by atoms with E-state index in [9.17, 15) is 9.59 Å². The molecule has 4 heteroatoms. The van der Waals surface area contributed by atoms with Gasteiger partial charge in [-0.15, -0.1) is 0 Å². The standard InChI is InChI=1S/C9H15NO3/c1-9(2,6-8(12)13)10-5-3-4-7(10)11/h3-6H2,1-2H3,(H,12,13). The highest BCUT2D eigenvalue weighted by molar-refractivity contribution is 5.80. The summed E-state index contributed by atoms with van der Waals surface area (Å²) in [4.78, 5) is 23.5. The number of likely N-dealkylation sites (tertiary alicyclic amines) is 1. The van der Waals surface area contributed by atoms with Gasteiger partial charge in [0.2, 0.25) is 5.91 Å². The molecule has 4 nitrogen and oxygen atoms in total. The van der Waals surface area contributed by atoms with Crippen molar-refractivity contribution >= 4 is 11.9 Å². The lowest BCUT2D eigenvalue weighted by Gasteiger charge is -2.34. The number of hydrogen-bond donors (Lipinski definition) is 1. The Morgan fingerprint density at radius 3 is 2.62 bits per heavy atom. The number of amides is 1. The maximum atomic E-state index is 11.3. The third-order valence-corrected chi connectivity index (χ3v) is 2.39. The van der Waals surface area contributed by atoms with E-state index in [1.807, 2.05) is 0 Å². The van der Waals surface area contributed by atoms with Gasteiger partial charge in [-0.05, 0) is 20.3 Å². The molecule has 74 valence electrons. The molecule has 0 aromatic heterocycles. The molecule has 1 amide bonds. The van der Waals surface area contributed by atoms with Crippen LogP contribution in [-0.4, -0.2) is 34.0 Å². The second-order valence-corrected chi connectivity index (χ2v) is 4.03. The zero-order valence-electron chi connectivity index (χ0n) is 8.04. The molecule has 1 fully saturated rings. The van der Waals surface area contributed by atoms with E-state index in [1.54, 1.807) is 18.7 Å². The SMILES string of the molecule is CC(C)(CC(=O)O)N1CCCC1=O. The molecular formula is C9H15NO3. The van der Waals surface area contributed by atoms with Crippen LogP contribution in [0.25, 0.3) is 0 Å². The Morgan fingerprint density at radius 1 is 1.62 bits per heavy atom. The van der Waals surface area contributed by atoms with E-state index in [0.717, 1.165) is 6.42 Å². The topological polar surface area (TPSA) is 57.6 Å². The van der Waals surface area contributed by atoms with Crippen LogP contribution in [0.2, 0.25) is 0 Å². The third kappa shape index (κ3) is 2.20. The molecule has 0 atom stereocenters. The minimum Gasteiger partial charge on any atom is -0.481 e. The van der Waals surface area contributed by atoms with Crippen LogP contribution < -0.4 is 0 Å². The van der Waals surface area contributed by atoms with E-state index in [0.29, 0.717) is 13.0 Å². The summed E-state index contributed by atoms with van der Waals surface area (Å²) in [6.45, 7) is 4.29. The Balaban J connectivity index is 2.67. The van der Waals surface area contributed by atoms with Gasteiger partial charge in [-0.3, -0.25) is 9.59 Å². The number of rotatable bonds is 3. The highest BCUT2D eigenvalue weighted by atomic mass is 16.4. The minimum absolute atomic E-state index is 0.0126. The average molecular weight is 185 g/mol. The molecule has 1 aliphatic heterocycles. The number of carboxylic acids is 1. The Hall–Kier alpha value is -1.06. The molecule has 1 aliphatic rings. The van der Waals surface area contributed by atoms with Crippen LogP contribution in [0.15, 0.2) is 0 Å². The van der Waals surface area contributed by atoms with Gasteiger partial charge in [0.05, 0.1) is 6.42 Å². The second-order valence-electron chi connectivity index (χ2n) is 4.03. The first-order valence-electron chi connectivity index (χ1n) is 4.46.